The van der Waals surface area contributed by atoms with E-state index in [2.05, 4.69) is 9.98 Å². The summed E-state index contributed by atoms with van der Waals surface area (Å²) in [5.74, 6) is -3.57. The molecule has 0 radical (unpaired) electrons. The molecule has 0 amide bonds. The van der Waals surface area contributed by atoms with E-state index in [1.165, 1.54) is 0 Å². The van der Waals surface area contributed by atoms with Crippen LogP contribution in [0.3, 0.4) is 0 Å². The van der Waals surface area contributed by atoms with Gasteiger partial charge in [-0.1, -0.05) is 0 Å². The van der Waals surface area contributed by atoms with Crippen LogP contribution >= 0.6 is 0 Å². The van der Waals surface area contributed by atoms with Crippen molar-refractivity contribution in [1.29, 1.82) is 0 Å². The standard InChI is InChI=1S/C13H16F3N5/c14-8-6-9(15)11(10(16)7-8)19-12(17)20-13(18)21-4-2-1-3-5-21/h6-7H,1-5H2,(H4,17,18,19,20). The van der Waals surface area contributed by atoms with Gasteiger partial charge in [0.1, 0.15) is 11.5 Å². The molecule has 1 fully saturated rings. The lowest BCUT2D eigenvalue weighted by atomic mass is 10.1. The largest absolute Gasteiger partial charge is 0.369 e. The van der Waals surface area contributed by atoms with Gasteiger partial charge in [0.15, 0.2) is 17.6 Å². The van der Waals surface area contributed by atoms with E-state index in [-0.39, 0.29) is 11.9 Å². The molecule has 1 aliphatic rings. The minimum Gasteiger partial charge on any atom is -0.369 e. The van der Waals surface area contributed by atoms with Gasteiger partial charge in [0.05, 0.1) is 0 Å². The van der Waals surface area contributed by atoms with Crippen molar-refractivity contribution in [1.82, 2.24) is 4.90 Å². The number of likely N-dealkylation sites (tertiary alicyclic amines) is 1. The van der Waals surface area contributed by atoms with Crippen LogP contribution in [-0.4, -0.2) is 29.9 Å². The summed E-state index contributed by atoms with van der Waals surface area (Å²) in [4.78, 5) is 9.16. The monoisotopic (exact) mass is 299 g/mol. The van der Waals surface area contributed by atoms with Gasteiger partial charge in [-0.2, -0.15) is 4.99 Å². The van der Waals surface area contributed by atoms with Crippen molar-refractivity contribution in [3.8, 4) is 0 Å². The minimum atomic E-state index is -1.15. The lowest BCUT2D eigenvalue weighted by molar-refractivity contribution is 0.339. The molecular formula is C13H16F3N5. The average Bonchev–Trinajstić information content (AvgIpc) is 2.43. The molecular weight excluding hydrogens is 283 g/mol. The Labute approximate surface area is 120 Å². The molecule has 0 atom stereocenters. The van der Waals surface area contributed by atoms with E-state index in [9.17, 15) is 13.2 Å². The molecule has 114 valence electrons. The smallest absolute Gasteiger partial charge is 0.223 e. The van der Waals surface area contributed by atoms with Crippen molar-refractivity contribution >= 4 is 17.6 Å². The minimum absolute atomic E-state index is 0.152. The Morgan fingerprint density at radius 1 is 1.00 bits per heavy atom. The predicted octanol–water partition coefficient (Wildman–Crippen LogP) is 1.85. The zero-order chi connectivity index (χ0) is 15.4. The van der Waals surface area contributed by atoms with Crippen LogP contribution in [-0.2, 0) is 0 Å². The first-order chi connectivity index (χ1) is 9.97. The molecule has 1 aromatic carbocycles. The maximum absolute atomic E-state index is 13.4. The number of benzene rings is 1. The van der Waals surface area contributed by atoms with Crippen LogP contribution in [0.15, 0.2) is 22.1 Å². The Kier molecular flexibility index (Phi) is 4.66. The molecule has 1 saturated heterocycles. The third kappa shape index (κ3) is 3.87. The first-order valence-electron chi connectivity index (χ1n) is 6.55. The number of piperidine rings is 1. The van der Waals surface area contributed by atoms with Crippen LogP contribution in [0.2, 0.25) is 0 Å². The fourth-order valence-electron chi connectivity index (χ4n) is 2.09. The maximum atomic E-state index is 13.4. The summed E-state index contributed by atoms with van der Waals surface area (Å²) < 4.78 is 39.6. The van der Waals surface area contributed by atoms with Crippen LogP contribution in [0.1, 0.15) is 19.3 Å². The molecule has 1 heterocycles. The van der Waals surface area contributed by atoms with Crippen LogP contribution in [0.25, 0.3) is 0 Å². The van der Waals surface area contributed by atoms with E-state index in [1.54, 1.807) is 0 Å². The van der Waals surface area contributed by atoms with Crippen molar-refractivity contribution in [3.05, 3.63) is 29.6 Å². The molecule has 5 nitrogen and oxygen atoms in total. The van der Waals surface area contributed by atoms with E-state index in [4.69, 9.17) is 11.5 Å². The van der Waals surface area contributed by atoms with Gasteiger partial charge in [0.2, 0.25) is 5.96 Å². The van der Waals surface area contributed by atoms with E-state index in [0.29, 0.717) is 12.1 Å². The molecule has 0 aromatic heterocycles. The lowest BCUT2D eigenvalue weighted by Crippen LogP contribution is -2.41. The molecule has 1 aliphatic heterocycles. The Balaban J connectivity index is 2.21. The number of nitrogens with two attached hydrogens (primary N) is 2. The fraction of sp³-hybridized carbons (Fsp3) is 0.385. The Hall–Kier alpha value is -2.25. The van der Waals surface area contributed by atoms with Gasteiger partial charge in [0.25, 0.3) is 0 Å². The first-order valence-corrected chi connectivity index (χ1v) is 6.55. The summed E-state index contributed by atoms with van der Waals surface area (Å²) in [6.45, 7) is 1.50. The molecule has 0 saturated carbocycles. The van der Waals surface area contributed by atoms with Gasteiger partial charge in [0, 0.05) is 25.2 Å². The van der Waals surface area contributed by atoms with Crippen molar-refractivity contribution in [2.75, 3.05) is 13.1 Å². The van der Waals surface area contributed by atoms with Crippen molar-refractivity contribution in [2.24, 2.45) is 21.5 Å². The normalized spacial score (nSPS) is 17.2. The Bertz CT molecular complexity index is 556. The molecule has 2 rings (SSSR count). The van der Waals surface area contributed by atoms with Crippen molar-refractivity contribution in [2.45, 2.75) is 19.3 Å². The molecule has 0 unspecified atom stereocenters. The van der Waals surface area contributed by atoms with E-state index >= 15 is 0 Å². The quantitative estimate of drug-likeness (QED) is 0.613. The number of hydrogen-bond donors (Lipinski definition) is 2. The number of nitrogens with zero attached hydrogens (tertiary/aromatic N) is 3. The highest BCUT2D eigenvalue weighted by Crippen LogP contribution is 2.23. The first kappa shape index (κ1) is 15.1. The molecule has 0 aliphatic carbocycles. The van der Waals surface area contributed by atoms with Gasteiger partial charge >= 0.3 is 0 Å². The molecule has 4 N–H and O–H groups in total. The predicted molar refractivity (Wildman–Crippen MR) is 74.6 cm³/mol. The molecule has 8 heteroatoms. The maximum Gasteiger partial charge on any atom is 0.223 e. The highest BCUT2D eigenvalue weighted by atomic mass is 19.1. The summed E-state index contributed by atoms with van der Waals surface area (Å²) in [6, 6.07) is 1.04. The van der Waals surface area contributed by atoms with E-state index in [1.807, 2.05) is 4.90 Å². The molecule has 0 bridgehead atoms. The Morgan fingerprint density at radius 3 is 2.14 bits per heavy atom. The molecule has 21 heavy (non-hydrogen) atoms. The van der Waals surface area contributed by atoms with Crippen molar-refractivity contribution < 1.29 is 13.2 Å². The zero-order valence-corrected chi connectivity index (χ0v) is 11.3. The summed E-state index contributed by atoms with van der Waals surface area (Å²) in [7, 11) is 0. The average molecular weight is 299 g/mol. The SMILES string of the molecule is NC(=Nc1c(F)cc(F)cc1F)/N=C(\N)N1CCCCC1. The van der Waals surface area contributed by atoms with E-state index in [0.717, 1.165) is 32.4 Å². The van der Waals surface area contributed by atoms with Gasteiger partial charge in [-0.3, -0.25) is 0 Å². The second-order valence-corrected chi connectivity index (χ2v) is 4.71. The van der Waals surface area contributed by atoms with Gasteiger partial charge < -0.3 is 16.4 Å². The zero-order valence-electron chi connectivity index (χ0n) is 11.3. The third-order valence-electron chi connectivity index (χ3n) is 3.12. The van der Waals surface area contributed by atoms with Crippen LogP contribution < -0.4 is 11.5 Å². The number of aliphatic imine (C=N–C) groups is 2. The summed E-state index contributed by atoms with van der Waals surface area (Å²) in [6.07, 6.45) is 3.11. The van der Waals surface area contributed by atoms with Crippen molar-refractivity contribution in [3.63, 3.8) is 0 Å². The topological polar surface area (TPSA) is 80.0 Å². The summed E-state index contributed by atoms with van der Waals surface area (Å²) >= 11 is 0. The van der Waals surface area contributed by atoms with Gasteiger partial charge in [-0.25, -0.2) is 18.2 Å². The number of hydrogen-bond acceptors (Lipinski definition) is 1. The Morgan fingerprint density at radius 2 is 1.57 bits per heavy atom. The van der Waals surface area contributed by atoms with Crippen LogP contribution in [0.5, 0.6) is 0 Å². The van der Waals surface area contributed by atoms with E-state index < -0.39 is 23.1 Å². The summed E-state index contributed by atoms with van der Waals surface area (Å²) in [5, 5.41) is 0. The molecule has 0 spiro atoms. The third-order valence-corrected chi connectivity index (χ3v) is 3.12. The number of halogens is 3. The summed E-state index contributed by atoms with van der Waals surface area (Å²) in [5.41, 5.74) is 10.6. The van der Waals surface area contributed by atoms with Gasteiger partial charge in [-0.05, 0) is 19.3 Å². The molecule has 1 aromatic rings. The highest BCUT2D eigenvalue weighted by molar-refractivity contribution is 5.94. The number of rotatable bonds is 1. The second kappa shape index (κ2) is 6.47. The lowest BCUT2D eigenvalue weighted by Gasteiger charge is -2.27. The number of guanidine groups is 2. The highest BCUT2D eigenvalue weighted by Gasteiger charge is 2.14. The van der Waals surface area contributed by atoms with Gasteiger partial charge in [-0.15, -0.1) is 0 Å². The second-order valence-electron chi connectivity index (χ2n) is 4.71. The van der Waals surface area contributed by atoms with Crippen LogP contribution in [0.4, 0.5) is 18.9 Å². The fourth-order valence-corrected chi connectivity index (χ4v) is 2.09. The van der Waals surface area contributed by atoms with Crippen LogP contribution in [0, 0.1) is 17.5 Å².